The fourth-order valence-electron chi connectivity index (χ4n) is 3.86. The number of aryl methyl sites for hydroxylation is 2. The Balaban J connectivity index is 1.79. The van der Waals surface area contributed by atoms with Crippen LogP contribution in [0.5, 0.6) is 0 Å². The van der Waals surface area contributed by atoms with Gasteiger partial charge in [-0.25, -0.2) is 23.7 Å². The van der Waals surface area contributed by atoms with E-state index in [4.69, 9.17) is 11.6 Å². The van der Waals surface area contributed by atoms with E-state index in [-0.39, 0.29) is 30.5 Å². The lowest BCUT2D eigenvalue weighted by atomic mass is 10.0. The first kappa shape index (κ1) is 21.2. The van der Waals surface area contributed by atoms with Crippen molar-refractivity contribution < 1.29 is 8.78 Å². The highest BCUT2D eigenvalue weighted by Crippen LogP contribution is 2.34. The fraction of sp³-hybridized carbons (Fsp3) is 0.364. The lowest BCUT2D eigenvalue weighted by Crippen LogP contribution is -2.26. The molecule has 1 aliphatic heterocycles. The third-order valence-corrected chi connectivity index (χ3v) is 5.60. The first-order valence-electron chi connectivity index (χ1n) is 9.92. The smallest absolute Gasteiger partial charge is 0.266 e. The van der Waals surface area contributed by atoms with E-state index >= 15 is 0 Å². The van der Waals surface area contributed by atoms with Gasteiger partial charge in [-0.1, -0.05) is 17.7 Å². The van der Waals surface area contributed by atoms with Crippen molar-refractivity contribution in [1.29, 1.82) is 5.26 Å². The van der Waals surface area contributed by atoms with Gasteiger partial charge in [0.15, 0.2) is 11.5 Å². The van der Waals surface area contributed by atoms with Gasteiger partial charge < -0.3 is 10.2 Å². The third-order valence-electron chi connectivity index (χ3n) is 5.39. The number of aromatic nitrogens is 3. The molecule has 0 unspecified atom stereocenters. The number of benzene rings is 1. The number of fused-ring (bicyclic) bond motifs is 1. The number of nitrogens with zero attached hydrogens (tertiary/aromatic N) is 5. The molecule has 0 amide bonds. The highest BCUT2D eigenvalue weighted by atomic mass is 35.5. The van der Waals surface area contributed by atoms with Gasteiger partial charge in [-0.15, -0.1) is 0 Å². The Bertz CT molecular complexity index is 1210. The molecule has 4 rings (SSSR count). The van der Waals surface area contributed by atoms with Crippen LogP contribution in [0.2, 0.25) is 5.15 Å². The average Bonchev–Trinajstić information content (AvgIpc) is 3.07. The summed E-state index contributed by atoms with van der Waals surface area (Å²) >= 11 is 5.96. The topological polar surface area (TPSA) is 77.7 Å². The molecule has 0 radical (unpaired) electrons. The molecule has 6 nitrogen and oxygen atoms in total. The van der Waals surface area contributed by atoms with Crippen LogP contribution in [0.25, 0.3) is 11.0 Å². The zero-order valence-electron chi connectivity index (χ0n) is 17.4. The molecule has 3 aromatic rings. The van der Waals surface area contributed by atoms with Gasteiger partial charge in [0.2, 0.25) is 0 Å². The summed E-state index contributed by atoms with van der Waals surface area (Å²) in [7, 11) is 0. The van der Waals surface area contributed by atoms with Gasteiger partial charge >= 0.3 is 0 Å². The number of hydrogen-bond donors (Lipinski definition) is 1. The number of rotatable bonds is 4. The van der Waals surface area contributed by atoms with E-state index < -0.39 is 12.5 Å². The SMILES string of the molecule is Cc1cc([C@@H](C)Nc2ccc(Cl)nc2C)c2nc(N3CCC(F)(F)C3)c(C#N)nc2c1. The second kappa shape index (κ2) is 7.89. The summed E-state index contributed by atoms with van der Waals surface area (Å²) in [5.41, 5.74) is 4.59. The molecule has 1 fully saturated rings. The van der Waals surface area contributed by atoms with Gasteiger partial charge in [-0.05, 0) is 44.5 Å². The van der Waals surface area contributed by atoms with Crippen LogP contribution in [-0.2, 0) is 0 Å². The van der Waals surface area contributed by atoms with Gasteiger partial charge in [0, 0.05) is 18.5 Å². The summed E-state index contributed by atoms with van der Waals surface area (Å²) in [6.45, 7) is 5.44. The molecule has 9 heteroatoms. The van der Waals surface area contributed by atoms with E-state index in [2.05, 4.69) is 20.3 Å². The van der Waals surface area contributed by atoms with Crippen LogP contribution in [0.15, 0.2) is 24.3 Å². The number of pyridine rings is 1. The minimum absolute atomic E-state index is 0.0557. The van der Waals surface area contributed by atoms with Crippen molar-refractivity contribution in [3.8, 4) is 6.07 Å². The van der Waals surface area contributed by atoms with Crippen molar-refractivity contribution in [3.63, 3.8) is 0 Å². The van der Waals surface area contributed by atoms with Crippen LogP contribution in [0.4, 0.5) is 20.3 Å². The highest BCUT2D eigenvalue weighted by Gasteiger charge is 2.40. The molecule has 2 aromatic heterocycles. The summed E-state index contributed by atoms with van der Waals surface area (Å²) in [6.07, 6.45) is -0.265. The highest BCUT2D eigenvalue weighted by molar-refractivity contribution is 6.29. The van der Waals surface area contributed by atoms with Crippen LogP contribution in [0.3, 0.4) is 0 Å². The molecule has 1 saturated heterocycles. The normalized spacial score (nSPS) is 16.4. The summed E-state index contributed by atoms with van der Waals surface area (Å²) < 4.78 is 27.6. The quantitative estimate of drug-likeness (QED) is 0.560. The van der Waals surface area contributed by atoms with Crippen molar-refractivity contribution in [2.24, 2.45) is 0 Å². The second-order valence-electron chi connectivity index (χ2n) is 7.89. The number of halogens is 3. The Kier molecular flexibility index (Phi) is 5.40. The standard InChI is InChI=1S/C22H21ClF2N6/c1-12-8-15(13(2)27-16-4-5-19(23)28-14(16)3)20-17(9-12)29-18(10-26)21(30-20)31-7-6-22(24,25)11-31/h4-5,8-9,13,27H,6-7,11H2,1-3H3/t13-/m1/s1. The predicted octanol–water partition coefficient (Wildman–Crippen LogP) is 5.19. The summed E-state index contributed by atoms with van der Waals surface area (Å²) in [5, 5.41) is 13.4. The van der Waals surface area contributed by atoms with E-state index in [0.717, 1.165) is 22.5 Å². The molecule has 1 N–H and O–H groups in total. The number of nitrogens with one attached hydrogen (secondary N) is 1. The van der Waals surface area contributed by atoms with Crippen LogP contribution in [-0.4, -0.2) is 34.0 Å². The summed E-state index contributed by atoms with van der Waals surface area (Å²) in [5.74, 6) is -2.60. The molecule has 1 atom stereocenters. The van der Waals surface area contributed by atoms with E-state index in [1.54, 1.807) is 6.07 Å². The van der Waals surface area contributed by atoms with Gasteiger partial charge in [0.05, 0.1) is 35.0 Å². The summed E-state index contributed by atoms with van der Waals surface area (Å²) in [4.78, 5) is 14.8. The van der Waals surface area contributed by atoms with Crippen molar-refractivity contribution in [2.75, 3.05) is 23.3 Å². The van der Waals surface area contributed by atoms with Gasteiger partial charge in [-0.2, -0.15) is 5.26 Å². The van der Waals surface area contributed by atoms with Crippen molar-refractivity contribution in [2.45, 2.75) is 39.2 Å². The monoisotopic (exact) mass is 442 g/mol. The van der Waals surface area contributed by atoms with E-state index in [0.29, 0.717) is 16.2 Å². The second-order valence-corrected chi connectivity index (χ2v) is 8.28. The van der Waals surface area contributed by atoms with Gasteiger partial charge in [0.1, 0.15) is 11.2 Å². The molecule has 160 valence electrons. The Morgan fingerprint density at radius 2 is 2.00 bits per heavy atom. The maximum atomic E-state index is 13.8. The zero-order valence-corrected chi connectivity index (χ0v) is 18.1. The van der Waals surface area contributed by atoms with Crippen molar-refractivity contribution in [3.05, 3.63) is 51.9 Å². The molecular weight excluding hydrogens is 422 g/mol. The van der Waals surface area contributed by atoms with Crippen LogP contribution in [0, 0.1) is 25.2 Å². The molecule has 0 aliphatic carbocycles. The van der Waals surface area contributed by atoms with Gasteiger partial charge in [-0.3, -0.25) is 0 Å². The molecule has 1 aliphatic rings. The molecule has 31 heavy (non-hydrogen) atoms. The van der Waals surface area contributed by atoms with E-state index in [1.165, 1.54) is 4.90 Å². The maximum absolute atomic E-state index is 13.8. The average molecular weight is 443 g/mol. The lowest BCUT2D eigenvalue weighted by Gasteiger charge is -2.22. The van der Waals surface area contributed by atoms with Gasteiger partial charge in [0.25, 0.3) is 5.92 Å². The number of anilines is 2. The third kappa shape index (κ3) is 4.23. The molecular formula is C22H21ClF2N6. The molecule has 1 aromatic carbocycles. The first-order chi connectivity index (χ1) is 14.7. The number of nitriles is 1. The van der Waals surface area contributed by atoms with Crippen molar-refractivity contribution >= 4 is 34.1 Å². The Morgan fingerprint density at radius 3 is 2.65 bits per heavy atom. The van der Waals surface area contributed by atoms with Crippen LogP contribution >= 0.6 is 11.6 Å². The zero-order chi connectivity index (χ0) is 22.3. The largest absolute Gasteiger partial charge is 0.377 e. The molecule has 0 saturated carbocycles. The Morgan fingerprint density at radius 1 is 1.23 bits per heavy atom. The van der Waals surface area contributed by atoms with E-state index in [9.17, 15) is 14.0 Å². The molecule has 3 heterocycles. The fourth-order valence-corrected chi connectivity index (χ4v) is 4.05. The molecule has 0 spiro atoms. The minimum Gasteiger partial charge on any atom is -0.377 e. The van der Waals surface area contributed by atoms with E-state index in [1.807, 2.05) is 45.0 Å². The lowest BCUT2D eigenvalue weighted by molar-refractivity contribution is 0.0256. The summed E-state index contributed by atoms with van der Waals surface area (Å²) in [6, 6.07) is 9.24. The number of alkyl halides is 2. The number of hydrogen-bond acceptors (Lipinski definition) is 6. The Labute approximate surface area is 183 Å². The van der Waals surface area contributed by atoms with Crippen LogP contribution in [0.1, 0.15) is 41.9 Å². The Hall–Kier alpha value is -3.05. The van der Waals surface area contributed by atoms with Crippen molar-refractivity contribution in [1.82, 2.24) is 15.0 Å². The molecule has 0 bridgehead atoms. The predicted molar refractivity (Wildman–Crippen MR) is 117 cm³/mol. The minimum atomic E-state index is -2.80. The van der Waals surface area contributed by atoms with Crippen LogP contribution < -0.4 is 10.2 Å². The first-order valence-corrected chi connectivity index (χ1v) is 10.3. The maximum Gasteiger partial charge on any atom is 0.266 e.